The van der Waals surface area contributed by atoms with Gasteiger partial charge in [0, 0.05) is 5.92 Å². The first-order valence-corrected chi connectivity index (χ1v) is 14.7. The minimum atomic E-state index is -5.66. The molecule has 20 nitrogen and oxygen atoms in total. The lowest BCUT2D eigenvalue weighted by Crippen LogP contribution is -2.47. The van der Waals surface area contributed by atoms with E-state index in [4.69, 9.17) is 20.3 Å². The number of nitrogen functional groups attached to an aromatic ring is 1. The van der Waals surface area contributed by atoms with Gasteiger partial charge in [-0.05, 0) is 0 Å². The molecule has 23 heteroatoms. The highest BCUT2D eigenvalue weighted by Gasteiger charge is 2.49. The number of halogens is 1. The summed E-state index contributed by atoms with van der Waals surface area (Å²) in [4.78, 5) is 31.6. The Morgan fingerprint density at radius 3 is 2.49 bits per heavy atom. The first-order chi connectivity index (χ1) is 19.2. The molecule has 2 saturated heterocycles. The van der Waals surface area contributed by atoms with Gasteiger partial charge in [-0.15, -0.1) is 0 Å². The maximum absolute atomic E-state index is 14.8. The van der Waals surface area contributed by atoms with E-state index in [1.54, 1.807) is 0 Å². The van der Waals surface area contributed by atoms with Crippen molar-refractivity contribution in [3.63, 3.8) is 0 Å². The number of nitrogens with two attached hydrogens (primary N) is 1. The summed E-state index contributed by atoms with van der Waals surface area (Å²) < 4.78 is 64.2. The molecular formula is C18H28FN5O15P2. The minimum Gasteiger partial charge on any atom is -0.394 e. The van der Waals surface area contributed by atoms with E-state index < -0.39 is 96.7 Å². The van der Waals surface area contributed by atoms with Crippen LogP contribution in [-0.4, -0.2) is 129 Å². The Labute approximate surface area is 228 Å². The average molecular weight is 635 g/mol. The number of ether oxygens (including phenoxy) is 2. The average Bonchev–Trinajstić information content (AvgIpc) is 3.43. The second-order valence-corrected chi connectivity index (χ2v) is 12.1. The monoisotopic (exact) mass is 635 g/mol. The van der Waals surface area contributed by atoms with Crippen molar-refractivity contribution in [2.24, 2.45) is 5.92 Å². The van der Waals surface area contributed by atoms with Gasteiger partial charge in [-0.25, -0.2) is 28.5 Å². The maximum Gasteiger partial charge on any atom is 0.483 e. The Morgan fingerprint density at radius 2 is 1.80 bits per heavy atom. The molecule has 232 valence electrons. The zero-order valence-electron chi connectivity index (χ0n) is 20.6. The summed E-state index contributed by atoms with van der Waals surface area (Å²) in [5.41, 5.74) is 5.92. The number of phosphoric ester groups is 2. The molecular weight excluding hydrogens is 607 g/mol. The van der Waals surface area contributed by atoms with E-state index in [-0.39, 0.29) is 17.0 Å². The summed E-state index contributed by atoms with van der Waals surface area (Å²) in [6.45, 7) is -2.66. The van der Waals surface area contributed by atoms with Gasteiger partial charge in [-0.2, -0.15) is 4.31 Å². The van der Waals surface area contributed by atoms with Crippen molar-refractivity contribution in [3.8, 4) is 0 Å². The SMILES string of the molecule is Nc1ncnc2c1ncn2[C@@H]1O[C@H](COP(=O)(O)OP(=O)(O)O[C@@H]2OCC([C@H](O)CO)[C@@H](O)C(O)C2O)C(F)C1O. The third kappa shape index (κ3) is 6.90. The lowest BCUT2D eigenvalue weighted by atomic mass is 9.92. The van der Waals surface area contributed by atoms with Gasteiger partial charge in [-0.1, -0.05) is 0 Å². The minimum absolute atomic E-state index is 0.00182. The topological polar surface area (TPSA) is 312 Å². The molecule has 0 spiro atoms. The fraction of sp³-hybridized carbons (Fsp3) is 0.722. The Morgan fingerprint density at radius 1 is 1.10 bits per heavy atom. The molecule has 4 rings (SSSR count). The highest BCUT2D eigenvalue weighted by molar-refractivity contribution is 7.61. The number of rotatable bonds is 10. The molecule has 4 heterocycles. The van der Waals surface area contributed by atoms with Crippen LogP contribution in [0.5, 0.6) is 0 Å². The largest absolute Gasteiger partial charge is 0.483 e. The molecule has 0 amide bonds. The van der Waals surface area contributed by atoms with Crippen LogP contribution in [0.15, 0.2) is 12.7 Å². The number of aromatic nitrogens is 4. The molecule has 2 aromatic heterocycles. The van der Waals surface area contributed by atoms with E-state index in [1.807, 2.05) is 0 Å². The molecule has 2 aliphatic rings. The van der Waals surface area contributed by atoms with Crippen molar-refractivity contribution >= 4 is 32.6 Å². The van der Waals surface area contributed by atoms with Gasteiger partial charge in [0.05, 0.1) is 38.4 Å². The normalized spacial score (nSPS) is 36.5. The fourth-order valence-corrected chi connectivity index (χ4v) is 6.36. The summed E-state index contributed by atoms with van der Waals surface area (Å²) in [7, 11) is -11.2. The van der Waals surface area contributed by atoms with Crippen LogP contribution in [0.3, 0.4) is 0 Å². The molecule has 0 bridgehead atoms. The van der Waals surface area contributed by atoms with Crippen LogP contribution < -0.4 is 5.73 Å². The van der Waals surface area contributed by atoms with E-state index in [2.05, 4.69) is 28.3 Å². The van der Waals surface area contributed by atoms with E-state index >= 15 is 0 Å². The molecule has 0 aliphatic carbocycles. The van der Waals surface area contributed by atoms with Crippen LogP contribution in [0, 0.1) is 5.92 Å². The molecule has 0 aromatic carbocycles. The maximum atomic E-state index is 14.8. The standard InChI is InChI=1S/C18H28FN5O15P2/c19-9-8(37-17(12(9)28)24-5-23-10-15(20)21-4-22-16(10)24)3-36-40(31,32)39-41(33,34)38-18-14(30)13(29)11(27)6(2-35-18)7(26)1-25/h4-9,11-14,17-18,25-30H,1-3H2,(H,31,32)(H,33,34)(H2,20,21,22)/t6?,7-,8-,9?,11-,12?,13?,14?,17-,18+/m1/s1. The van der Waals surface area contributed by atoms with E-state index in [9.17, 15) is 48.8 Å². The Balaban J connectivity index is 1.37. The van der Waals surface area contributed by atoms with Gasteiger partial charge in [0.25, 0.3) is 0 Å². The highest BCUT2D eigenvalue weighted by Crippen LogP contribution is 2.61. The molecule has 12 atom stereocenters. The first kappa shape index (κ1) is 32.1. The molecule has 2 fully saturated rings. The molecule has 41 heavy (non-hydrogen) atoms. The zero-order valence-corrected chi connectivity index (χ0v) is 22.4. The summed E-state index contributed by atoms with van der Waals surface area (Å²) in [6.07, 6.45) is -15.0. The first-order valence-electron chi connectivity index (χ1n) is 11.7. The van der Waals surface area contributed by atoms with E-state index in [0.717, 1.165) is 17.2 Å². The predicted molar refractivity (Wildman–Crippen MR) is 127 cm³/mol. The molecule has 10 N–H and O–H groups in total. The number of anilines is 1. The van der Waals surface area contributed by atoms with Crippen molar-refractivity contribution in [2.75, 3.05) is 25.6 Å². The van der Waals surface area contributed by atoms with E-state index in [1.165, 1.54) is 0 Å². The molecule has 2 aliphatic heterocycles. The van der Waals surface area contributed by atoms with Crippen molar-refractivity contribution in [2.45, 2.75) is 55.3 Å². The second-order valence-electron chi connectivity index (χ2n) is 9.09. The van der Waals surface area contributed by atoms with Gasteiger partial charge in [0.2, 0.25) is 0 Å². The number of alkyl halides is 1. The van der Waals surface area contributed by atoms with Crippen molar-refractivity contribution in [1.29, 1.82) is 0 Å². The predicted octanol–water partition coefficient (Wildman–Crippen LogP) is -3.34. The van der Waals surface area contributed by atoms with Crippen LogP contribution in [0.25, 0.3) is 11.2 Å². The van der Waals surface area contributed by atoms with E-state index in [0.29, 0.717) is 0 Å². The lowest BCUT2D eigenvalue weighted by molar-refractivity contribution is -0.173. The number of fused-ring (bicyclic) bond motifs is 1. The number of hydrogen-bond donors (Lipinski definition) is 9. The second kappa shape index (κ2) is 12.4. The van der Waals surface area contributed by atoms with Crippen LogP contribution in [-0.2, 0) is 32.0 Å². The van der Waals surface area contributed by atoms with Gasteiger partial charge < -0.3 is 55.6 Å². The number of nitrogens with zero attached hydrogens (tertiary/aromatic N) is 4. The summed E-state index contributed by atoms with van der Waals surface area (Å²) >= 11 is 0. The number of aliphatic hydroxyl groups excluding tert-OH is 6. The van der Waals surface area contributed by atoms with Crippen molar-refractivity contribution in [3.05, 3.63) is 12.7 Å². The summed E-state index contributed by atoms with van der Waals surface area (Å²) in [5.74, 6) is -1.36. The Kier molecular flexibility index (Phi) is 9.76. The molecule has 0 saturated carbocycles. The number of imidazole rings is 1. The molecule has 2 aromatic rings. The molecule has 7 unspecified atom stereocenters. The molecule has 0 radical (unpaired) electrons. The number of hydrogen-bond acceptors (Lipinski definition) is 17. The van der Waals surface area contributed by atoms with Crippen LogP contribution in [0.2, 0.25) is 0 Å². The Bertz CT molecular complexity index is 1310. The smallest absolute Gasteiger partial charge is 0.394 e. The number of phosphoric acid groups is 2. The van der Waals surface area contributed by atoms with Gasteiger partial charge in [0.15, 0.2) is 30.2 Å². The van der Waals surface area contributed by atoms with Crippen molar-refractivity contribution in [1.82, 2.24) is 19.5 Å². The van der Waals surface area contributed by atoms with Crippen LogP contribution >= 0.6 is 15.6 Å². The zero-order chi connectivity index (χ0) is 30.3. The lowest BCUT2D eigenvalue weighted by Gasteiger charge is -2.28. The van der Waals surface area contributed by atoms with Gasteiger partial charge in [-0.3, -0.25) is 13.6 Å². The summed E-state index contributed by atoms with van der Waals surface area (Å²) in [5, 5.41) is 59.5. The van der Waals surface area contributed by atoms with Crippen LogP contribution in [0.1, 0.15) is 6.23 Å². The van der Waals surface area contributed by atoms with Gasteiger partial charge in [0.1, 0.15) is 36.3 Å². The third-order valence-corrected chi connectivity index (χ3v) is 8.95. The van der Waals surface area contributed by atoms with Gasteiger partial charge >= 0.3 is 15.6 Å². The quantitative estimate of drug-likeness (QED) is 0.115. The summed E-state index contributed by atoms with van der Waals surface area (Å²) in [6, 6.07) is 0. The number of aliphatic hydroxyl groups is 6. The third-order valence-electron chi connectivity index (χ3n) is 6.35. The Hall–Kier alpha value is -1.78. The fourth-order valence-electron chi connectivity index (χ4n) is 4.19. The van der Waals surface area contributed by atoms with Crippen molar-refractivity contribution < 1.29 is 76.8 Å². The highest BCUT2D eigenvalue weighted by atomic mass is 31.3. The van der Waals surface area contributed by atoms with Crippen LogP contribution in [0.4, 0.5) is 10.2 Å².